The van der Waals surface area contributed by atoms with Crippen LogP contribution in [-0.2, 0) is 13.5 Å². The predicted molar refractivity (Wildman–Crippen MR) is 71.0 cm³/mol. The molecule has 19 heavy (non-hydrogen) atoms. The molecule has 0 aliphatic carbocycles. The minimum absolute atomic E-state index is 0.161. The summed E-state index contributed by atoms with van der Waals surface area (Å²) in [7, 11) is 1.80. The molecule has 0 aliphatic rings. The van der Waals surface area contributed by atoms with E-state index in [2.05, 4.69) is 15.4 Å². The first kappa shape index (κ1) is 12.9. The average molecular weight is 261 g/mol. The summed E-state index contributed by atoms with van der Waals surface area (Å²) in [5.41, 5.74) is 6.70. The zero-order chi connectivity index (χ0) is 13.8. The minimum Gasteiger partial charge on any atom is -0.478 e. The number of carboxylic acids is 1. The van der Waals surface area contributed by atoms with Crippen LogP contribution >= 0.6 is 0 Å². The number of aryl methyl sites for hydroxylation is 1. The molecule has 0 saturated carbocycles. The maximum atomic E-state index is 11.1. The fourth-order valence-electron chi connectivity index (χ4n) is 1.70. The van der Waals surface area contributed by atoms with Crippen LogP contribution in [0.1, 0.15) is 16.2 Å². The van der Waals surface area contributed by atoms with Crippen LogP contribution in [0, 0.1) is 0 Å². The molecule has 0 unspecified atom stereocenters. The van der Waals surface area contributed by atoms with Gasteiger partial charge < -0.3 is 16.2 Å². The van der Waals surface area contributed by atoms with Gasteiger partial charge in [-0.1, -0.05) is 0 Å². The molecule has 100 valence electrons. The molecular formula is C12H15N5O2. The molecule has 0 bridgehead atoms. The second kappa shape index (κ2) is 5.38. The largest absolute Gasteiger partial charge is 0.478 e. The number of nitrogen functional groups attached to an aromatic ring is 1. The van der Waals surface area contributed by atoms with Crippen molar-refractivity contribution in [2.75, 3.05) is 17.6 Å². The highest BCUT2D eigenvalue weighted by atomic mass is 16.4. The fraction of sp³-hybridized carbons (Fsp3) is 0.250. The highest BCUT2D eigenvalue weighted by molar-refractivity contribution is 5.95. The van der Waals surface area contributed by atoms with Crippen LogP contribution < -0.4 is 11.1 Å². The average Bonchev–Trinajstić information content (AvgIpc) is 2.77. The van der Waals surface area contributed by atoms with Crippen molar-refractivity contribution in [3.63, 3.8) is 0 Å². The third kappa shape index (κ3) is 3.21. The molecule has 0 fully saturated rings. The van der Waals surface area contributed by atoms with Gasteiger partial charge in [-0.15, -0.1) is 0 Å². The molecule has 2 rings (SSSR count). The quantitative estimate of drug-likeness (QED) is 0.686. The van der Waals surface area contributed by atoms with Gasteiger partial charge >= 0.3 is 5.97 Å². The molecule has 0 radical (unpaired) electrons. The molecule has 0 amide bonds. The van der Waals surface area contributed by atoms with E-state index in [0.717, 1.165) is 0 Å². The Balaban J connectivity index is 2.01. The normalized spacial score (nSPS) is 10.4. The van der Waals surface area contributed by atoms with E-state index >= 15 is 0 Å². The first-order valence-corrected chi connectivity index (χ1v) is 5.77. The van der Waals surface area contributed by atoms with Gasteiger partial charge in [-0.3, -0.25) is 4.68 Å². The maximum Gasteiger partial charge on any atom is 0.337 e. The number of carboxylic acid groups (broad SMARTS) is 1. The smallest absolute Gasteiger partial charge is 0.337 e. The van der Waals surface area contributed by atoms with Gasteiger partial charge in [0.2, 0.25) is 0 Å². The Morgan fingerprint density at radius 1 is 1.53 bits per heavy atom. The van der Waals surface area contributed by atoms with Crippen LogP contribution in [0.15, 0.2) is 24.5 Å². The number of carbonyl (C=O) groups is 1. The number of nitrogens with two attached hydrogens (primary N) is 1. The lowest BCUT2D eigenvalue weighted by Gasteiger charge is -2.09. The minimum atomic E-state index is -1.01. The van der Waals surface area contributed by atoms with Gasteiger partial charge in [-0.05, 0) is 18.2 Å². The Morgan fingerprint density at radius 3 is 2.95 bits per heavy atom. The van der Waals surface area contributed by atoms with Gasteiger partial charge in [0.25, 0.3) is 0 Å². The van der Waals surface area contributed by atoms with Gasteiger partial charge in [0.05, 0.1) is 5.56 Å². The summed E-state index contributed by atoms with van der Waals surface area (Å²) in [6.45, 7) is 0.550. The highest BCUT2D eigenvalue weighted by Crippen LogP contribution is 2.18. The Morgan fingerprint density at radius 2 is 2.32 bits per heavy atom. The van der Waals surface area contributed by atoms with Gasteiger partial charge in [-0.2, -0.15) is 5.10 Å². The third-order valence-electron chi connectivity index (χ3n) is 2.59. The molecule has 1 aromatic carbocycles. The summed E-state index contributed by atoms with van der Waals surface area (Å²) < 4.78 is 1.63. The molecule has 4 N–H and O–H groups in total. The highest BCUT2D eigenvalue weighted by Gasteiger charge is 2.10. The van der Waals surface area contributed by atoms with E-state index in [4.69, 9.17) is 10.8 Å². The lowest BCUT2D eigenvalue weighted by atomic mass is 10.1. The first-order valence-electron chi connectivity index (χ1n) is 5.77. The first-order chi connectivity index (χ1) is 9.06. The predicted octanol–water partition coefficient (Wildman–Crippen LogP) is 0.750. The Bertz CT molecular complexity index is 594. The molecule has 0 saturated heterocycles. The van der Waals surface area contributed by atoms with Crippen LogP contribution in [0.5, 0.6) is 0 Å². The monoisotopic (exact) mass is 261 g/mol. The van der Waals surface area contributed by atoms with Crippen molar-refractivity contribution in [3.05, 3.63) is 35.9 Å². The van der Waals surface area contributed by atoms with Crippen molar-refractivity contribution < 1.29 is 9.90 Å². The number of anilines is 2. The van der Waals surface area contributed by atoms with Crippen molar-refractivity contribution in [1.29, 1.82) is 0 Å². The lowest BCUT2D eigenvalue weighted by Crippen LogP contribution is -2.10. The summed E-state index contributed by atoms with van der Waals surface area (Å²) >= 11 is 0. The summed E-state index contributed by atoms with van der Waals surface area (Å²) in [6, 6.07) is 4.75. The second-order valence-corrected chi connectivity index (χ2v) is 4.12. The van der Waals surface area contributed by atoms with Gasteiger partial charge in [0.1, 0.15) is 6.33 Å². The molecule has 7 nitrogen and oxygen atoms in total. The summed E-state index contributed by atoms with van der Waals surface area (Å²) in [4.78, 5) is 15.2. The summed E-state index contributed by atoms with van der Waals surface area (Å²) in [6.07, 6.45) is 2.24. The van der Waals surface area contributed by atoms with Crippen molar-refractivity contribution in [1.82, 2.24) is 14.8 Å². The Labute approximate surface area is 110 Å². The third-order valence-corrected chi connectivity index (χ3v) is 2.59. The molecule has 2 aromatic rings. The van der Waals surface area contributed by atoms with Crippen molar-refractivity contribution in [3.8, 4) is 0 Å². The standard InChI is InChI=1S/C12H15N5O2/c1-17-7-15-11(16-17)4-5-14-10-3-2-8(13)6-9(10)12(18)19/h2-3,6-7,14H,4-5,13H2,1H3,(H,18,19). The second-order valence-electron chi connectivity index (χ2n) is 4.12. The van der Waals surface area contributed by atoms with Gasteiger partial charge in [-0.25, -0.2) is 9.78 Å². The molecule has 0 aliphatic heterocycles. The van der Waals surface area contributed by atoms with E-state index in [9.17, 15) is 4.79 Å². The summed E-state index contributed by atoms with van der Waals surface area (Å²) in [5.74, 6) is -0.298. The number of hydrogen-bond acceptors (Lipinski definition) is 5. The number of nitrogens with zero attached hydrogens (tertiary/aromatic N) is 3. The fourth-order valence-corrected chi connectivity index (χ4v) is 1.70. The zero-order valence-corrected chi connectivity index (χ0v) is 10.5. The number of aromatic carboxylic acids is 1. The topological polar surface area (TPSA) is 106 Å². The molecule has 0 atom stereocenters. The van der Waals surface area contributed by atoms with Crippen LogP contribution in [-0.4, -0.2) is 32.4 Å². The van der Waals surface area contributed by atoms with Crippen LogP contribution in [0.25, 0.3) is 0 Å². The number of rotatable bonds is 5. The van der Waals surface area contributed by atoms with E-state index < -0.39 is 5.97 Å². The van der Waals surface area contributed by atoms with Crippen LogP contribution in [0.3, 0.4) is 0 Å². The molecular weight excluding hydrogens is 246 g/mol. The Hall–Kier alpha value is -2.57. The van der Waals surface area contributed by atoms with E-state index in [0.29, 0.717) is 30.2 Å². The maximum absolute atomic E-state index is 11.1. The van der Waals surface area contributed by atoms with Crippen LogP contribution in [0.2, 0.25) is 0 Å². The van der Waals surface area contributed by atoms with Crippen molar-refractivity contribution in [2.24, 2.45) is 7.05 Å². The SMILES string of the molecule is Cn1cnc(CCNc2ccc(N)cc2C(=O)O)n1. The zero-order valence-electron chi connectivity index (χ0n) is 10.5. The van der Waals surface area contributed by atoms with Gasteiger partial charge in [0, 0.05) is 31.4 Å². The van der Waals surface area contributed by atoms with E-state index in [1.54, 1.807) is 30.2 Å². The van der Waals surface area contributed by atoms with E-state index in [-0.39, 0.29) is 5.56 Å². The molecule has 1 heterocycles. The van der Waals surface area contributed by atoms with E-state index in [1.165, 1.54) is 6.07 Å². The van der Waals surface area contributed by atoms with Crippen molar-refractivity contribution in [2.45, 2.75) is 6.42 Å². The number of aromatic nitrogens is 3. The number of nitrogens with one attached hydrogen (secondary N) is 1. The van der Waals surface area contributed by atoms with Crippen LogP contribution in [0.4, 0.5) is 11.4 Å². The van der Waals surface area contributed by atoms with Crippen molar-refractivity contribution >= 4 is 17.3 Å². The van der Waals surface area contributed by atoms with E-state index in [1.807, 2.05) is 0 Å². The molecule has 1 aromatic heterocycles. The number of benzene rings is 1. The molecule has 7 heteroatoms. The number of hydrogen-bond donors (Lipinski definition) is 3. The molecule has 0 spiro atoms. The Kier molecular flexibility index (Phi) is 3.65. The van der Waals surface area contributed by atoms with Gasteiger partial charge in [0.15, 0.2) is 5.82 Å². The lowest BCUT2D eigenvalue weighted by molar-refractivity contribution is 0.0698. The summed E-state index contributed by atoms with van der Waals surface area (Å²) in [5, 5.41) is 16.3.